The Bertz CT molecular complexity index is 1320. The number of carbonyl (C=O) groups excluding carboxylic acids is 1. The smallest absolute Gasteiger partial charge is 0.220 e. The molecule has 0 saturated carbocycles. The largest absolute Gasteiger partial charge is 0.493 e. The van der Waals surface area contributed by atoms with Crippen molar-refractivity contribution in [3.05, 3.63) is 53.0 Å². The fourth-order valence-corrected chi connectivity index (χ4v) is 4.18. The number of aromatic nitrogens is 4. The number of ether oxygens (including phenoxy) is 3. The minimum atomic E-state index is -0.0152. The Morgan fingerprint density at radius 1 is 1.06 bits per heavy atom. The van der Waals surface area contributed by atoms with Gasteiger partial charge in [-0.1, -0.05) is 0 Å². The molecule has 34 heavy (non-hydrogen) atoms. The molecule has 1 aromatic carbocycles. The van der Waals surface area contributed by atoms with Gasteiger partial charge >= 0.3 is 0 Å². The van der Waals surface area contributed by atoms with Crippen LogP contribution in [0, 0.1) is 13.8 Å². The molecule has 0 aliphatic heterocycles. The SMILES string of the molecule is COc1cc(CCNC(=O)CCc2c(C)nc3c4cccnc4nn3c2C)cc(OC)c1OC. The third-order valence-electron chi connectivity index (χ3n) is 5.95. The molecule has 9 nitrogen and oxygen atoms in total. The summed E-state index contributed by atoms with van der Waals surface area (Å²) >= 11 is 0. The number of nitrogens with one attached hydrogen (secondary N) is 1. The van der Waals surface area contributed by atoms with Crippen LogP contribution in [-0.2, 0) is 17.6 Å². The number of nitrogens with zero attached hydrogens (tertiary/aromatic N) is 4. The van der Waals surface area contributed by atoms with Crippen molar-refractivity contribution in [3.63, 3.8) is 0 Å². The van der Waals surface area contributed by atoms with Gasteiger partial charge in [0.2, 0.25) is 11.7 Å². The van der Waals surface area contributed by atoms with Crippen molar-refractivity contribution in [2.75, 3.05) is 27.9 Å². The van der Waals surface area contributed by atoms with Crippen LogP contribution in [0.1, 0.15) is 28.9 Å². The normalized spacial score (nSPS) is 11.1. The van der Waals surface area contributed by atoms with Crippen LogP contribution in [0.4, 0.5) is 0 Å². The van der Waals surface area contributed by atoms with E-state index >= 15 is 0 Å². The van der Waals surface area contributed by atoms with Crippen LogP contribution in [0.2, 0.25) is 0 Å². The van der Waals surface area contributed by atoms with Crippen LogP contribution in [0.5, 0.6) is 17.2 Å². The Hall–Kier alpha value is -3.88. The second-order valence-electron chi connectivity index (χ2n) is 8.00. The van der Waals surface area contributed by atoms with Crippen LogP contribution >= 0.6 is 0 Å². The number of rotatable bonds is 9. The molecule has 4 aromatic rings. The van der Waals surface area contributed by atoms with E-state index in [1.54, 1.807) is 27.5 Å². The zero-order valence-electron chi connectivity index (χ0n) is 20.1. The molecule has 4 rings (SSSR count). The Kier molecular flexibility index (Phi) is 6.81. The summed E-state index contributed by atoms with van der Waals surface area (Å²) in [5.74, 6) is 1.73. The van der Waals surface area contributed by atoms with Gasteiger partial charge in [-0.15, -0.1) is 5.10 Å². The van der Waals surface area contributed by atoms with Crippen LogP contribution < -0.4 is 19.5 Å². The van der Waals surface area contributed by atoms with Crippen molar-refractivity contribution in [1.29, 1.82) is 0 Å². The average Bonchev–Trinajstić information content (AvgIpc) is 3.22. The van der Waals surface area contributed by atoms with Crippen molar-refractivity contribution in [1.82, 2.24) is 24.9 Å². The maximum atomic E-state index is 12.5. The Morgan fingerprint density at radius 2 is 1.79 bits per heavy atom. The molecule has 0 aliphatic carbocycles. The topological polar surface area (TPSA) is 99.9 Å². The highest BCUT2D eigenvalue weighted by molar-refractivity contribution is 5.89. The summed E-state index contributed by atoms with van der Waals surface area (Å²) in [5.41, 5.74) is 5.35. The van der Waals surface area contributed by atoms with Crippen molar-refractivity contribution in [2.24, 2.45) is 0 Å². The van der Waals surface area contributed by atoms with Gasteiger partial charge < -0.3 is 19.5 Å². The minimum absolute atomic E-state index is 0.0152. The molecule has 0 aliphatic rings. The highest BCUT2D eigenvalue weighted by Crippen LogP contribution is 2.38. The second kappa shape index (κ2) is 9.94. The van der Waals surface area contributed by atoms with E-state index in [0.717, 1.165) is 33.5 Å². The first kappa shape index (κ1) is 23.3. The number of hydrogen-bond donors (Lipinski definition) is 1. The van der Waals surface area contributed by atoms with Crippen molar-refractivity contribution >= 4 is 22.6 Å². The first-order chi connectivity index (χ1) is 16.5. The molecule has 0 unspecified atom stereocenters. The molecule has 0 atom stereocenters. The van der Waals surface area contributed by atoms with Crippen LogP contribution in [0.15, 0.2) is 30.5 Å². The number of benzene rings is 1. The number of hydrogen-bond acceptors (Lipinski definition) is 7. The minimum Gasteiger partial charge on any atom is -0.493 e. The number of amides is 1. The van der Waals surface area contributed by atoms with E-state index < -0.39 is 0 Å². The maximum Gasteiger partial charge on any atom is 0.220 e. The van der Waals surface area contributed by atoms with E-state index in [1.807, 2.05) is 42.6 Å². The van der Waals surface area contributed by atoms with E-state index in [2.05, 4.69) is 15.4 Å². The lowest BCUT2D eigenvalue weighted by atomic mass is 10.1. The van der Waals surface area contributed by atoms with E-state index in [0.29, 0.717) is 48.7 Å². The van der Waals surface area contributed by atoms with Crippen LogP contribution in [-0.4, -0.2) is 53.4 Å². The predicted octanol–water partition coefficient (Wildman–Crippen LogP) is 3.21. The van der Waals surface area contributed by atoms with E-state index in [1.165, 1.54) is 0 Å². The maximum absolute atomic E-state index is 12.5. The molecule has 0 fully saturated rings. The third kappa shape index (κ3) is 4.46. The first-order valence-corrected chi connectivity index (χ1v) is 11.1. The van der Waals surface area contributed by atoms with Crippen molar-refractivity contribution in [2.45, 2.75) is 33.1 Å². The van der Waals surface area contributed by atoms with E-state index in [-0.39, 0.29) is 5.91 Å². The average molecular weight is 464 g/mol. The Morgan fingerprint density at radius 3 is 2.47 bits per heavy atom. The number of pyridine rings is 1. The van der Waals surface area contributed by atoms with Crippen LogP contribution in [0.25, 0.3) is 16.7 Å². The highest BCUT2D eigenvalue weighted by atomic mass is 16.5. The highest BCUT2D eigenvalue weighted by Gasteiger charge is 2.16. The quantitative estimate of drug-likeness (QED) is 0.407. The molecular weight excluding hydrogens is 434 g/mol. The summed E-state index contributed by atoms with van der Waals surface area (Å²) in [7, 11) is 4.74. The summed E-state index contributed by atoms with van der Waals surface area (Å²) < 4.78 is 18.0. The van der Waals surface area contributed by atoms with Crippen molar-refractivity contribution in [3.8, 4) is 17.2 Å². The summed E-state index contributed by atoms with van der Waals surface area (Å²) in [6.45, 7) is 4.48. The molecule has 0 saturated heterocycles. The predicted molar refractivity (Wildman–Crippen MR) is 129 cm³/mol. The zero-order valence-corrected chi connectivity index (χ0v) is 20.1. The molecule has 178 valence electrons. The van der Waals surface area contributed by atoms with Crippen molar-refractivity contribution < 1.29 is 19.0 Å². The number of aryl methyl sites for hydroxylation is 2. The molecular formula is C25H29N5O4. The number of fused-ring (bicyclic) bond motifs is 3. The summed E-state index contributed by atoms with van der Waals surface area (Å²) in [6.07, 6.45) is 3.31. The Balaban J connectivity index is 1.40. The summed E-state index contributed by atoms with van der Waals surface area (Å²) in [6, 6.07) is 7.64. The van der Waals surface area contributed by atoms with Gasteiger partial charge in [0.15, 0.2) is 22.8 Å². The lowest BCUT2D eigenvalue weighted by molar-refractivity contribution is -0.121. The van der Waals surface area contributed by atoms with Gasteiger partial charge in [0.05, 0.1) is 26.7 Å². The second-order valence-corrected chi connectivity index (χ2v) is 8.00. The van der Waals surface area contributed by atoms with Crippen LogP contribution in [0.3, 0.4) is 0 Å². The van der Waals surface area contributed by atoms with Gasteiger partial charge in [-0.2, -0.15) is 0 Å². The van der Waals surface area contributed by atoms with Gasteiger partial charge in [-0.25, -0.2) is 14.5 Å². The third-order valence-corrected chi connectivity index (χ3v) is 5.95. The van der Waals surface area contributed by atoms with Gasteiger partial charge in [0.1, 0.15) is 0 Å². The van der Waals surface area contributed by atoms with E-state index in [9.17, 15) is 4.79 Å². The molecule has 3 heterocycles. The lowest BCUT2D eigenvalue weighted by Crippen LogP contribution is -2.26. The standard InChI is InChI=1S/C25H29N5O4/c1-15-18(16(2)30-25(28-15)19-7-6-11-27-24(19)29-30)8-9-22(31)26-12-10-17-13-20(32-3)23(34-5)21(14-17)33-4/h6-7,11,13-14H,8-10,12H2,1-5H3,(H,26,31). The Labute approximate surface area is 198 Å². The fraction of sp³-hybridized carbons (Fsp3) is 0.360. The summed E-state index contributed by atoms with van der Waals surface area (Å²) in [5, 5.41) is 8.50. The van der Waals surface area contributed by atoms with Gasteiger partial charge in [0, 0.05) is 30.6 Å². The molecule has 9 heteroatoms. The number of methoxy groups -OCH3 is 3. The lowest BCUT2D eigenvalue weighted by Gasteiger charge is -2.14. The van der Waals surface area contributed by atoms with Gasteiger partial charge in [0.25, 0.3) is 0 Å². The summed E-state index contributed by atoms with van der Waals surface area (Å²) in [4.78, 5) is 21.6. The van der Waals surface area contributed by atoms with Gasteiger partial charge in [-0.05, 0) is 62.1 Å². The monoisotopic (exact) mass is 463 g/mol. The molecule has 3 aromatic heterocycles. The first-order valence-electron chi connectivity index (χ1n) is 11.1. The molecule has 1 amide bonds. The fourth-order valence-electron chi connectivity index (χ4n) is 4.18. The number of carbonyl (C=O) groups is 1. The molecule has 0 spiro atoms. The molecule has 1 N–H and O–H groups in total. The molecule has 0 bridgehead atoms. The zero-order chi connectivity index (χ0) is 24.2. The van der Waals surface area contributed by atoms with E-state index in [4.69, 9.17) is 19.2 Å². The van der Waals surface area contributed by atoms with Gasteiger partial charge in [-0.3, -0.25) is 4.79 Å². The molecule has 0 radical (unpaired) electrons.